The van der Waals surface area contributed by atoms with Crippen molar-refractivity contribution in [1.29, 1.82) is 0 Å². The van der Waals surface area contributed by atoms with Gasteiger partial charge < -0.3 is 20.4 Å². The van der Waals surface area contributed by atoms with Crippen molar-refractivity contribution in [2.24, 2.45) is 0 Å². The maximum absolute atomic E-state index is 5.51. The van der Waals surface area contributed by atoms with Gasteiger partial charge in [-0.3, -0.25) is 4.98 Å². The van der Waals surface area contributed by atoms with Gasteiger partial charge in [0, 0.05) is 51.2 Å². The van der Waals surface area contributed by atoms with E-state index in [1.165, 1.54) is 44.9 Å². The predicted molar refractivity (Wildman–Crippen MR) is 126 cm³/mol. The molecule has 0 saturated carbocycles. The number of nitrogens with one attached hydrogen (secondary N) is 2. The van der Waals surface area contributed by atoms with Crippen molar-refractivity contribution in [2.75, 3.05) is 41.3 Å². The minimum atomic E-state index is 0.525. The number of piperidine rings is 1. The summed E-state index contributed by atoms with van der Waals surface area (Å²) < 4.78 is 0. The van der Waals surface area contributed by atoms with E-state index in [1.807, 2.05) is 18.3 Å². The van der Waals surface area contributed by atoms with Gasteiger partial charge in [0.15, 0.2) is 5.11 Å². The third-order valence-electron chi connectivity index (χ3n) is 5.71. The molecule has 2 aliphatic heterocycles. The molecule has 0 atom stereocenters. The van der Waals surface area contributed by atoms with Gasteiger partial charge in [-0.25, -0.2) is 0 Å². The van der Waals surface area contributed by atoms with Crippen molar-refractivity contribution in [3.05, 3.63) is 36.2 Å². The van der Waals surface area contributed by atoms with Gasteiger partial charge >= 0.3 is 0 Å². The first-order chi connectivity index (χ1) is 14.8. The van der Waals surface area contributed by atoms with Crippen LogP contribution in [0.2, 0.25) is 0 Å². The fourth-order valence-electron chi connectivity index (χ4n) is 4.06. The minimum absolute atomic E-state index is 0.525. The van der Waals surface area contributed by atoms with Gasteiger partial charge in [-0.05, 0) is 56.0 Å². The Labute approximate surface area is 184 Å². The van der Waals surface area contributed by atoms with E-state index in [2.05, 4.69) is 31.5 Å². The van der Waals surface area contributed by atoms with Gasteiger partial charge in [0.1, 0.15) is 11.6 Å². The third-order valence-corrected chi connectivity index (χ3v) is 5.96. The molecule has 0 unspecified atom stereocenters. The number of anilines is 3. The van der Waals surface area contributed by atoms with Crippen LogP contribution in [-0.2, 0) is 6.54 Å². The van der Waals surface area contributed by atoms with E-state index in [0.29, 0.717) is 17.6 Å². The number of hydrogen-bond acceptors (Lipinski definition) is 6. The molecule has 160 valence electrons. The number of pyridine rings is 1. The molecule has 0 amide bonds. The largest absolute Gasteiger partial charge is 0.358 e. The van der Waals surface area contributed by atoms with E-state index >= 15 is 0 Å². The Hall–Kier alpha value is -2.48. The number of nitrogens with zero attached hydrogens (tertiary/aromatic N) is 5. The molecule has 0 bridgehead atoms. The van der Waals surface area contributed by atoms with Crippen molar-refractivity contribution in [1.82, 2.24) is 20.3 Å². The molecule has 7 nitrogen and oxygen atoms in total. The van der Waals surface area contributed by atoms with Crippen LogP contribution in [0.3, 0.4) is 0 Å². The Morgan fingerprint density at radius 3 is 2.07 bits per heavy atom. The zero-order valence-corrected chi connectivity index (χ0v) is 18.3. The van der Waals surface area contributed by atoms with Gasteiger partial charge in [0.05, 0.1) is 0 Å². The average Bonchev–Trinajstić information content (AvgIpc) is 3.09. The fraction of sp³-hybridized carbons (Fsp3) is 0.545. The SMILES string of the molecule is S=C(NCc1cccnc1)Nc1nc(N2CCCCCC2)cc(N2CCCCC2)n1. The highest BCUT2D eigenvalue weighted by Gasteiger charge is 2.18. The Morgan fingerprint density at radius 1 is 0.900 bits per heavy atom. The lowest BCUT2D eigenvalue weighted by Gasteiger charge is -2.29. The lowest BCUT2D eigenvalue weighted by molar-refractivity contribution is 0.573. The van der Waals surface area contributed by atoms with E-state index in [0.717, 1.165) is 43.4 Å². The van der Waals surface area contributed by atoms with Crippen LogP contribution in [0, 0.1) is 0 Å². The first-order valence-corrected chi connectivity index (χ1v) is 11.5. The maximum atomic E-state index is 5.51. The van der Waals surface area contributed by atoms with Crippen LogP contribution in [0.5, 0.6) is 0 Å². The molecular formula is C22H31N7S. The second kappa shape index (κ2) is 10.5. The summed E-state index contributed by atoms with van der Waals surface area (Å²) >= 11 is 5.51. The Kier molecular flexibility index (Phi) is 7.29. The zero-order chi connectivity index (χ0) is 20.6. The summed E-state index contributed by atoms with van der Waals surface area (Å²) in [7, 11) is 0. The lowest BCUT2D eigenvalue weighted by Crippen LogP contribution is -2.33. The summed E-state index contributed by atoms with van der Waals surface area (Å²) in [6.07, 6.45) is 12.4. The standard InChI is InChI=1S/C22H31N7S/c30-22(24-17-18-9-8-10-23-16-18)27-21-25-19(28-11-4-1-2-5-12-28)15-20(26-21)29-13-6-3-7-14-29/h8-10,15-16H,1-7,11-14,17H2,(H2,24,25,26,27,30). The molecular weight excluding hydrogens is 394 g/mol. The highest BCUT2D eigenvalue weighted by molar-refractivity contribution is 7.80. The summed E-state index contributed by atoms with van der Waals surface area (Å²) in [5.41, 5.74) is 1.08. The Morgan fingerprint density at radius 2 is 1.50 bits per heavy atom. The molecule has 2 N–H and O–H groups in total. The summed E-state index contributed by atoms with van der Waals surface area (Å²) in [5.74, 6) is 2.58. The third kappa shape index (κ3) is 5.78. The average molecular weight is 426 g/mol. The van der Waals surface area contributed by atoms with E-state index < -0.39 is 0 Å². The molecule has 8 heteroatoms. The Bertz CT molecular complexity index is 815. The van der Waals surface area contributed by atoms with Crippen LogP contribution in [-0.4, -0.2) is 46.2 Å². The molecule has 2 aliphatic rings. The fourth-order valence-corrected chi connectivity index (χ4v) is 4.22. The molecule has 0 aromatic carbocycles. The van der Waals surface area contributed by atoms with Crippen LogP contribution in [0.15, 0.2) is 30.6 Å². The molecule has 4 heterocycles. The highest BCUT2D eigenvalue weighted by atomic mass is 32.1. The second-order valence-corrected chi connectivity index (χ2v) is 8.43. The van der Waals surface area contributed by atoms with Crippen molar-refractivity contribution in [3.63, 3.8) is 0 Å². The molecule has 4 rings (SSSR count). The first-order valence-electron chi connectivity index (χ1n) is 11.1. The van der Waals surface area contributed by atoms with E-state index in [1.54, 1.807) is 6.20 Å². The monoisotopic (exact) mass is 425 g/mol. The molecule has 0 radical (unpaired) electrons. The van der Waals surface area contributed by atoms with E-state index in [9.17, 15) is 0 Å². The second-order valence-electron chi connectivity index (χ2n) is 8.03. The van der Waals surface area contributed by atoms with Gasteiger partial charge in [0.25, 0.3) is 0 Å². The van der Waals surface area contributed by atoms with Crippen molar-refractivity contribution in [2.45, 2.75) is 51.5 Å². The van der Waals surface area contributed by atoms with Gasteiger partial charge in [-0.2, -0.15) is 9.97 Å². The van der Waals surface area contributed by atoms with Crippen LogP contribution >= 0.6 is 12.2 Å². The summed E-state index contributed by atoms with van der Waals surface area (Å²) in [6, 6.07) is 6.10. The number of thiocarbonyl (C=S) groups is 1. The molecule has 0 spiro atoms. The van der Waals surface area contributed by atoms with Gasteiger partial charge in [0.2, 0.25) is 5.95 Å². The molecule has 30 heavy (non-hydrogen) atoms. The zero-order valence-electron chi connectivity index (χ0n) is 17.5. The quantitative estimate of drug-likeness (QED) is 0.703. The van der Waals surface area contributed by atoms with Crippen molar-refractivity contribution in [3.8, 4) is 0 Å². The van der Waals surface area contributed by atoms with Crippen LogP contribution < -0.4 is 20.4 Å². The minimum Gasteiger partial charge on any atom is -0.358 e. The molecule has 0 aliphatic carbocycles. The molecule has 2 saturated heterocycles. The van der Waals surface area contributed by atoms with E-state index in [-0.39, 0.29) is 0 Å². The highest BCUT2D eigenvalue weighted by Crippen LogP contribution is 2.25. The van der Waals surface area contributed by atoms with Crippen LogP contribution in [0.1, 0.15) is 50.5 Å². The Balaban J connectivity index is 1.49. The number of rotatable bonds is 5. The van der Waals surface area contributed by atoms with E-state index in [4.69, 9.17) is 22.2 Å². The summed E-state index contributed by atoms with van der Waals surface area (Å²) in [6.45, 7) is 4.84. The topological polar surface area (TPSA) is 69.2 Å². The molecule has 2 aromatic heterocycles. The van der Waals surface area contributed by atoms with Crippen molar-refractivity contribution >= 4 is 34.9 Å². The smallest absolute Gasteiger partial charge is 0.232 e. The molecule has 2 fully saturated rings. The predicted octanol–water partition coefficient (Wildman–Crippen LogP) is 3.73. The van der Waals surface area contributed by atoms with Gasteiger partial charge in [-0.15, -0.1) is 0 Å². The first kappa shape index (κ1) is 20.8. The van der Waals surface area contributed by atoms with Crippen LogP contribution in [0.25, 0.3) is 0 Å². The van der Waals surface area contributed by atoms with Crippen LogP contribution in [0.4, 0.5) is 17.6 Å². The number of hydrogen-bond donors (Lipinski definition) is 2. The molecule has 2 aromatic rings. The number of aromatic nitrogens is 3. The lowest BCUT2D eigenvalue weighted by atomic mass is 10.1. The normalized spacial score (nSPS) is 17.3. The maximum Gasteiger partial charge on any atom is 0.232 e. The van der Waals surface area contributed by atoms with Crippen molar-refractivity contribution < 1.29 is 0 Å². The van der Waals surface area contributed by atoms with Gasteiger partial charge in [-0.1, -0.05) is 18.9 Å². The summed E-state index contributed by atoms with van der Waals surface area (Å²) in [5, 5.41) is 6.96. The summed E-state index contributed by atoms with van der Waals surface area (Å²) in [4.78, 5) is 18.6.